The Kier molecular flexibility index (Phi) is 8.27. The number of nitrogens with zero attached hydrogens (tertiary/aromatic N) is 1. The quantitative estimate of drug-likeness (QED) is 0.484. The van der Waals surface area contributed by atoms with E-state index in [1.54, 1.807) is 14.2 Å². The van der Waals surface area contributed by atoms with Crippen LogP contribution in [-0.2, 0) is 14.3 Å². The van der Waals surface area contributed by atoms with Crippen molar-refractivity contribution in [3.63, 3.8) is 0 Å². The van der Waals surface area contributed by atoms with Crippen molar-refractivity contribution < 1.29 is 24.2 Å². The highest BCUT2D eigenvalue weighted by atomic mass is 16.5. The monoisotopic (exact) mass is 275 g/mol. The van der Waals surface area contributed by atoms with Crippen LogP contribution in [0, 0.1) is 0 Å². The summed E-state index contributed by atoms with van der Waals surface area (Å²) in [5, 5.41) is 11.3. The van der Waals surface area contributed by atoms with Gasteiger partial charge in [-0.3, -0.25) is 4.79 Å². The van der Waals surface area contributed by atoms with Crippen LogP contribution in [0.3, 0.4) is 0 Å². The molecular weight excluding hydrogens is 254 g/mol. The van der Waals surface area contributed by atoms with Crippen LogP contribution < -0.4 is 11.1 Å². The molecule has 110 valence electrons. The standard InChI is InChI=1S/C11H21N3O5/c1-14(6-3-7-19-2)11(18)13-8(10(16)17)4-5-9(12)15/h8H,3-7H2,1-2H3,(H2,12,15)(H,13,18)(H,16,17). The molecule has 0 aromatic heterocycles. The highest BCUT2D eigenvalue weighted by Gasteiger charge is 2.21. The normalized spacial score (nSPS) is 11.7. The second kappa shape index (κ2) is 9.15. The number of nitrogens with two attached hydrogens (primary N) is 1. The molecule has 0 rings (SSSR count). The van der Waals surface area contributed by atoms with Gasteiger partial charge >= 0.3 is 12.0 Å². The van der Waals surface area contributed by atoms with Gasteiger partial charge in [0.25, 0.3) is 0 Å². The van der Waals surface area contributed by atoms with E-state index in [1.165, 1.54) is 4.90 Å². The summed E-state index contributed by atoms with van der Waals surface area (Å²) in [6, 6.07) is -1.63. The van der Waals surface area contributed by atoms with Gasteiger partial charge in [0, 0.05) is 33.7 Å². The highest BCUT2D eigenvalue weighted by molar-refractivity contribution is 5.83. The first kappa shape index (κ1) is 17.2. The Morgan fingerprint density at radius 1 is 1.42 bits per heavy atom. The molecule has 3 amide bonds. The SMILES string of the molecule is COCCCN(C)C(=O)NC(CCC(N)=O)C(=O)O. The van der Waals surface area contributed by atoms with Gasteiger partial charge in [-0.2, -0.15) is 0 Å². The van der Waals surface area contributed by atoms with E-state index in [9.17, 15) is 14.4 Å². The third-order valence-electron chi connectivity index (χ3n) is 2.46. The molecule has 0 saturated carbocycles. The van der Waals surface area contributed by atoms with Crippen molar-refractivity contribution in [2.24, 2.45) is 5.73 Å². The van der Waals surface area contributed by atoms with Crippen molar-refractivity contribution in [2.75, 3.05) is 27.3 Å². The summed E-state index contributed by atoms with van der Waals surface area (Å²) in [5.41, 5.74) is 4.94. The molecule has 0 aromatic carbocycles. The van der Waals surface area contributed by atoms with E-state index < -0.39 is 23.9 Å². The molecule has 0 aliphatic carbocycles. The van der Waals surface area contributed by atoms with Crippen LogP contribution in [0.4, 0.5) is 4.79 Å². The van der Waals surface area contributed by atoms with Gasteiger partial charge in [0.2, 0.25) is 5.91 Å². The maximum atomic E-state index is 11.7. The molecule has 0 aliphatic heterocycles. The Morgan fingerprint density at radius 3 is 2.53 bits per heavy atom. The van der Waals surface area contributed by atoms with E-state index in [0.29, 0.717) is 19.6 Å². The minimum Gasteiger partial charge on any atom is -0.480 e. The lowest BCUT2D eigenvalue weighted by atomic mass is 10.1. The van der Waals surface area contributed by atoms with E-state index in [4.69, 9.17) is 15.6 Å². The maximum Gasteiger partial charge on any atom is 0.326 e. The zero-order valence-corrected chi connectivity index (χ0v) is 11.2. The number of carboxylic acid groups (broad SMARTS) is 1. The van der Waals surface area contributed by atoms with Crippen LogP contribution in [0.2, 0.25) is 0 Å². The fraction of sp³-hybridized carbons (Fsp3) is 0.727. The molecule has 4 N–H and O–H groups in total. The Labute approximate surface area is 111 Å². The molecule has 0 radical (unpaired) electrons. The fourth-order valence-electron chi connectivity index (χ4n) is 1.35. The predicted molar refractivity (Wildman–Crippen MR) is 67.5 cm³/mol. The number of hydrogen-bond donors (Lipinski definition) is 3. The van der Waals surface area contributed by atoms with Crippen molar-refractivity contribution in [3.8, 4) is 0 Å². The number of rotatable bonds is 9. The van der Waals surface area contributed by atoms with Crippen LogP contribution >= 0.6 is 0 Å². The largest absolute Gasteiger partial charge is 0.480 e. The van der Waals surface area contributed by atoms with E-state index in [0.717, 1.165) is 0 Å². The van der Waals surface area contributed by atoms with Crippen molar-refractivity contribution in [2.45, 2.75) is 25.3 Å². The second-order valence-corrected chi connectivity index (χ2v) is 4.11. The molecule has 0 aromatic rings. The molecule has 0 heterocycles. The number of carbonyl (C=O) groups is 3. The van der Waals surface area contributed by atoms with Crippen LogP contribution in [0.15, 0.2) is 0 Å². The number of hydrogen-bond acceptors (Lipinski definition) is 4. The second-order valence-electron chi connectivity index (χ2n) is 4.11. The molecular formula is C11H21N3O5. The Bertz CT molecular complexity index is 321. The lowest BCUT2D eigenvalue weighted by molar-refractivity contribution is -0.139. The summed E-state index contributed by atoms with van der Waals surface area (Å²) in [4.78, 5) is 34.6. The Hall–Kier alpha value is -1.83. The van der Waals surface area contributed by atoms with Crippen LogP contribution in [0.5, 0.6) is 0 Å². The number of carbonyl (C=O) groups excluding carboxylic acids is 2. The number of amides is 3. The number of aliphatic carboxylic acids is 1. The average Bonchev–Trinajstić information content (AvgIpc) is 2.33. The zero-order valence-electron chi connectivity index (χ0n) is 11.2. The number of nitrogens with one attached hydrogen (secondary N) is 1. The van der Waals surface area contributed by atoms with Crippen LogP contribution in [0.25, 0.3) is 0 Å². The first-order chi connectivity index (χ1) is 8.88. The zero-order chi connectivity index (χ0) is 14.8. The fourth-order valence-corrected chi connectivity index (χ4v) is 1.35. The van der Waals surface area contributed by atoms with Crippen LogP contribution in [-0.4, -0.2) is 61.3 Å². The van der Waals surface area contributed by atoms with E-state index in [1.807, 2.05) is 0 Å². The van der Waals surface area contributed by atoms with Gasteiger partial charge in [-0.25, -0.2) is 9.59 Å². The lowest BCUT2D eigenvalue weighted by Gasteiger charge is -2.21. The summed E-state index contributed by atoms with van der Waals surface area (Å²) < 4.78 is 4.85. The summed E-state index contributed by atoms with van der Waals surface area (Å²) in [6.45, 7) is 0.962. The molecule has 0 spiro atoms. The summed E-state index contributed by atoms with van der Waals surface area (Å²) in [5.74, 6) is -1.80. The first-order valence-electron chi connectivity index (χ1n) is 5.90. The molecule has 1 atom stereocenters. The molecule has 0 bridgehead atoms. The number of methoxy groups -OCH3 is 1. The predicted octanol–water partition coefficient (Wildman–Crippen LogP) is -0.617. The van der Waals surface area contributed by atoms with Gasteiger partial charge in [0.05, 0.1) is 0 Å². The topological polar surface area (TPSA) is 122 Å². The van der Waals surface area contributed by atoms with Gasteiger partial charge in [0.15, 0.2) is 0 Å². The molecule has 1 unspecified atom stereocenters. The van der Waals surface area contributed by atoms with Gasteiger partial charge in [-0.05, 0) is 12.8 Å². The molecule has 0 aliphatic rings. The summed E-state index contributed by atoms with van der Waals surface area (Å²) in [7, 11) is 3.11. The van der Waals surface area contributed by atoms with Gasteiger partial charge in [-0.1, -0.05) is 0 Å². The molecule has 8 heteroatoms. The highest BCUT2D eigenvalue weighted by Crippen LogP contribution is 1.99. The van der Waals surface area contributed by atoms with E-state index >= 15 is 0 Å². The van der Waals surface area contributed by atoms with E-state index in [-0.39, 0.29) is 12.8 Å². The maximum absolute atomic E-state index is 11.7. The van der Waals surface area contributed by atoms with Crippen molar-refractivity contribution in [1.82, 2.24) is 10.2 Å². The number of carboxylic acids is 1. The number of ether oxygens (including phenoxy) is 1. The molecule has 0 fully saturated rings. The average molecular weight is 275 g/mol. The van der Waals surface area contributed by atoms with Gasteiger partial charge in [0.1, 0.15) is 6.04 Å². The lowest BCUT2D eigenvalue weighted by Crippen LogP contribution is -2.47. The number of urea groups is 1. The molecule has 8 nitrogen and oxygen atoms in total. The number of primary amides is 1. The smallest absolute Gasteiger partial charge is 0.326 e. The van der Waals surface area contributed by atoms with Gasteiger partial charge in [-0.15, -0.1) is 0 Å². The van der Waals surface area contributed by atoms with Gasteiger partial charge < -0.3 is 25.8 Å². The van der Waals surface area contributed by atoms with E-state index in [2.05, 4.69) is 5.32 Å². The van der Waals surface area contributed by atoms with Crippen molar-refractivity contribution in [3.05, 3.63) is 0 Å². The minimum absolute atomic E-state index is 0.0255. The van der Waals surface area contributed by atoms with Crippen LogP contribution in [0.1, 0.15) is 19.3 Å². The summed E-state index contributed by atoms with van der Waals surface area (Å²) >= 11 is 0. The molecule has 19 heavy (non-hydrogen) atoms. The minimum atomic E-state index is -1.19. The third-order valence-corrected chi connectivity index (χ3v) is 2.46. The Morgan fingerprint density at radius 2 is 2.05 bits per heavy atom. The third kappa shape index (κ3) is 7.98. The van der Waals surface area contributed by atoms with Crippen molar-refractivity contribution >= 4 is 17.9 Å². The van der Waals surface area contributed by atoms with Crippen molar-refractivity contribution in [1.29, 1.82) is 0 Å². The molecule has 0 saturated heterocycles. The summed E-state index contributed by atoms with van der Waals surface area (Å²) in [6.07, 6.45) is 0.534. The first-order valence-corrected chi connectivity index (χ1v) is 5.90. The Balaban J connectivity index is 4.22.